The van der Waals surface area contributed by atoms with E-state index in [0.29, 0.717) is 0 Å². The van der Waals surface area contributed by atoms with Crippen LogP contribution in [0.4, 0.5) is 9.18 Å². The van der Waals surface area contributed by atoms with Gasteiger partial charge in [-0.25, -0.2) is 4.79 Å². The van der Waals surface area contributed by atoms with Crippen molar-refractivity contribution in [3.05, 3.63) is 0 Å². The molecule has 0 aromatic rings. The summed E-state index contributed by atoms with van der Waals surface area (Å²) < 4.78 is 9.92. The molecule has 2 nitrogen and oxygen atoms in total. The molecule has 1 radical (unpaired) electrons. The van der Waals surface area contributed by atoms with Crippen LogP contribution in [0.1, 0.15) is 0 Å². The van der Waals surface area contributed by atoms with Crippen LogP contribution in [0.3, 0.4) is 0 Å². The summed E-state index contributed by atoms with van der Waals surface area (Å²) in [6.45, 7) is 0. The predicted octanol–water partition coefficient (Wildman–Crippen LogP) is 0.634. The maximum Gasteiger partial charge on any atom is 0.492 e. The second-order valence-electron chi connectivity index (χ2n) is 0.253. The van der Waals surface area contributed by atoms with Crippen LogP contribution in [0.15, 0.2) is 0 Å². The van der Waals surface area contributed by atoms with E-state index in [-0.39, 0.29) is 49.4 Å². The summed E-state index contributed by atoms with van der Waals surface area (Å²) in [5, 5.41) is 6.75. The molecule has 0 aromatic carbocycles. The maximum atomic E-state index is 9.92. The summed E-state index contributed by atoms with van der Waals surface area (Å²) in [6, 6.07) is 0. The first-order valence-electron chi connectivity index (χ1n) is 0.617. The molecule has 0 aliphatic rings. The molecule has 0 fully saturated rings. The van der Waals surface area contributed by atoms with Gasteiger partial charge in [0.05, 0.1) is 0 Å². The van der Waals surface area contributed by atoms with Crippen LogP contribution in [0.5, 0.6) is 0 Å². The molecule has 0 aromatic heterocycles. The van der Waals surface area contributed by atoms with Crippen LogP contribution in [-0.4, -0.2) is 11.3 Å². The van der Waals surface area contributed by atoms with Crippen molar-refractivity contribution in [3.8, 4) is 0 Å². The Bertz CT molecular complexity index is 32.6. The fourth-order valence-electron chi connectivity index (χ4n) is 0. The molecule has 5 heavy (non-hydrogen) atoms. The number of halogens is 1. The second-order valence-corrected chi connectivity index (χ2v) is 0.253. The van der Waals surface area contributed by atoms with Crippen LogP contribution in [0.2, 0.25) is 0 Å². The van der Waals surface area contributed by atoms with E-state index >= 15 is 0 Å². The van der Waals surface area contributed by atoms with Crippen LogP contribution in [0, 0.1) is 49.4 Å². The average molecular weight is 216 g/mol. The molecule has 0 aliphatic carbocycles. The van der Waals surface area contributed by atoms with E-state index in [4.69, 9.17) is 9.90 Å². The minimum Gasteiger partial charge on any atom is -0.456 e. The van der Waals surface area contributed by atoms with Gasteiger partial charge in [-0.3, -0.25) is 0 Å². The van der Waals surface area contributed by atoms with Crippen LogP contribution in [0.25, 0.3) is 0 Å². The van der Waals surface area contributed by atoms with Crippen LogP contribution < -0.4 is 0 Å². The average Bonchev–Trinajstić information content (AvgIpc) is 0.811. The zero-order valence-corrected chi connectivity index (χ0v) is 4.54. The van der Waals surface area contributed by atoms with Crippen molar-refractivity contribution in [2.24, 2.45) is 0 Å². The van der Waals surface area contributed by atoms with Gasteiger partial charge in [-0.1, -0.05) is 0 Å². The normalized spacial score (nSPS) is 5.00. The maximum absolute atomic E-state index is 9.92. The number of hydrogen-bond donors (Lipinski definition) is 1. The molecular weight excluding hydrogens is 215 g/mol. The molecule has 0 saturated heterocycles. The summed E-state index contributed by atoms with van der Waals surface area (Å²) in [6.07, 6.45) is -2.33. The Kier molecular flexibility index (Phi) is 9.34. The van der Waals surface area contributed by atoms with Gasteiger partial charge in [-0.2, -0.15) is 0 Å². The van der Waals surface area contributed by atoms with Crippen molar-refractivity contribution < 1.29 is 63.7 Å². The van der Waals surface area contributed by atoms with Crippen molar-refractivity contribution in [2.75, 3.05) is 0 Å². The standard InChI is InChI=1S/CHFO2.Eu/c2-1(3)4;/h(H,3,4);. The van der Waals surface area contributed by atoms with Crippen molar-refractivity contribution in [2.45, 2.75) is 0 Å². The molecule has 0 amide bonds. The predicted molar refractivity (Wildman–Crippen MR) is 9.13 cm³/mol. The molecule has 0 heterocycles. The first kappa shape index (κ1) is 9.37. The summed E-state index contributed by atoms with van der Waals surface area (Å²) in [4.78, 5) is 8.33. The van der Waals surface area contributed by atoms with Gasteiger partial charge in [0.15, 0.2) is 0 Å². The molecule has 0 rings (SSSR count). The van der Waals surface area contributed by atoms with Crippen LogP contribution in [-0.2, 0) is 0 Å². The number of carboxylic acid groups (broad SMARTS) is 1. The Labute approximate surface area is 68.9 Å². The minimum atomic E-state index is -2.33. The number of carbonyl (C=O) groups is 1. The fraction of sp³-hybridized carbons (Fsp3) is 0. The molecule has 0 saturated carbocycles. The smallest absolute Gasteiger partial charge is 0.456 e. The van der Waals surface area contributed by atoms with E-state index in [1.54, 1.807) is 0 Å². The van der Waals surface area contributed by atoms with Gasteiger partial charge in [-0.05, 0) is 0 Å². The van der Waals surface area contributed by atoms with Crippen LogP contribution >= 0.6 is 0 Å². The zero-order valence-electron chi connectivity index (χ0n) is 2.11. The van der Waals surface area contributed by atoms with Crippen molar-refractivity contribution in [1.29, 1.82) is 0 Å². The van der Waals surface area contributed by atoms with Crippen molar-refractivity contribution in [3.63, 3.8) is 0 Å². The third-order valence-electron chi connectivity index (χ3n) is 0. The minimum absolute atomic E-state index is 0. The molecule has 4 heteroatoms. The third kappa shape index (κ3) is 45.8. The van der Waals surface area contributed by atoms with E-state index in [9.17, 15) is 4.39 Å². The topological polar surface area (TPSA) is 37.3 Å². The monoisotopic (exact) mass is 217 g/mol. The Morgan fingerprint density at radius 3 is 1.80 bits per heavy atom. The van der Waals surface area contributed by atoms with Crippen molar-refractivity contribution in [1.82, 2.24) is 0 Å². The van der Waals surface area contributed by atoms with Gasteiger partial charge in [0.2, 0.25) is 0 Å². The van der Waals surface area contributed by atoms with Gasteiger partial charge in [0.25, 0.3) is 0 Å². The quantitative estimate of drug-likeness (QED) is 0.603. The summed E-state index contributed by atoms with van der Waals surface area (Å²) in [5.41, 5.74) is 0. The fourth-order valence-corrected chi connectivity index (χ4v) is 0. The van der Waals surface area contributed by atoms with Gasteiger partial charge in [0, 0.05) is 49.4 Å². The summed E-state index contributed by atoms with van der Waals surface area (Å²) in [5.74, 6) is 0. The third-order valence-corrected chi connectivity index (χ3v) is 0. The van der Waals surface area contributed by atoms with Crippen molar-refractivity contribution >= 4 is 6.22 Å². The van der Waals surface area contributed by atoms with E-state index in [0.717, 1.165) is 0 Å². The van der Waals surface area contributed by atoms with E-state index in [1.165, 1.54) is 0 Å². The molecular formula is CHEuFO2. The van der Waals surface area contributed by atoms with E-state index in [1.807, 2.05) is 0 Å². The number of hydrogen-bond acceptors (Lipinski definition) is 1. The van der Waals surface area contributed by atoms with Gasteiger partial charge in [-0.15, -0.1) is 4.39 Å². The Hall–Kier alpha value is 0.984. The molecule has 0 atom stereocenters. The van der Waals surface area contributed by atoms with E-state index in [2.05, 4.69) is 0 Å². The van der Waals surface area contributed by atoms with Gasteiger partial charge in [0.1, 0.15) is 0 Å². The molecule has 0 bridgehead atoms. The molecule has 1 N–H and O–H groups in total. The van der Waals surface area contributed by atoms with Gasteiger partial charge < -0.3 is 5.11 Å². The number of rotatable bonds is 0. The molecule has 0 aliphatic heterocycles. The zero-order chi connectivity index (χ0) is 3.58. The summed E-state index contributed by atoms with van der Waals surface area (Å²) in [7, 11) is 0. The van der Waals surface area contributed by atoms with E-state index < -0.39 is 6.22 Å². The SMILES string of the molecule is O=C(O)F.[Eu]. The first-order chi connectivity index (χ1) is 1.73. The van der Waals surface area contributed by atoms with Gasteiger partial charge >= 0.3 is 6.22 Å². The molecule has 0 spiro atoms. The molecule has 31 valence electrons. The molecule has 0 unspecified atom stereocenters. The second kappa shape index (κ2) is 4.98. The first-order valence-corrected chi connectivity index (χ1v) is 0.617. The Morgan fingerprint density at radius 2 is 1.80 bits per heavy atom. The summed E-state index contributed by atoms with van der Waals surface area (Å²) >= 11 is 0. The largest absolute Gasteiger partial charge is 0.492 e. The Balaban J connectivity index is 0. The Morgan fingerprint density at radius 1 is 1.80 bits per heavy atom.